The van der Waals surface area contributed by atoms with Gasteiger partial charge in [-0.3, -0.25) is 18.7 Å². The Morgan fingerprint density at radius 1 is 0.750 bits per heavy atom. The van der Waals surface area contributed by atoms with Crippen molar-refractivity contribution in [3.8, 4) is 0 Å². The highest BCUT2D eigenvalue weighted by molar-refractivity contribution is 5.71. The van der Waals surface area contributed by atoms with Crippen LogP contribution in [0.25, 0.3) is 0 Å². The second kappa shape index (κ2) is 14.7. The van der Waals surface area contributed by atoms with E-state index < -0.39 is 70.6 Å². The summed E-state index contributed by atoms with van der Waals surface area (Å²) >= 11 is 0. The maximum Gasteiger partial charge on any atom is 0.425 e. The van der Waals surface area contributed by atoms with E-state index in [0.717, 1.165) is 11.0 Å². The van der Waals surface area contributed by atoms with E-state index in [4.69, 9.17) is 18.9 Å². The average Bonchev–Trinajstić information content (AvgIpc) is 3.52. The molecule has 2 aliphatic rings. The van der Waals surface area contributed by atoms with Gasteiger partial charge in [0.2, 0.25) is 0 Å². The van der Waals surface area contributed by atoms with Gasteiger partial charge < -0.3 is 18.9 Å². The summed E-state index contributed by atoms with van der Waals surface area (Å²) in [5.41, 5.74) is -4.25. The Balaban J connectivity index is 0.000000260. The van der Waals surface area contributed by atoms with Gasteiger partial charge in [0.05, 0.1) is 12.2 Å². The highest BCUT2D eigenvalue weighted by Crippen LogP contribution is 2.34. The molecular weight excluding hydrogens is 630 g/mol. The largest absolute Gasteiger partial charge is 0.443 e. The van der Waals surface area contributed by atoms with Crippen molar-refractivity contribution in [1.29, 1.82) is 0 Å². The van der Waals surface area contributed by atoms with Crippen LogP contribution in [0.5, 0.6) is 0 Å². The fourth-order valence-corrected chi connectivity index (χ4v) is 5.50. The predicted octanol–water partition coefficient (Wildman–Crippen LogP) is 4.57. The summed E-state index contributed by atoms with van der Waals surface area (Å²) in [6, 6.07) is 0. The number of carbonyl (C=O) groups excluding carboxylic acids is 2. The van der Waals surface area contributed by atoms with Crippen LogP contribution in [0.4, 0.5) is 14.0 Å². The molecule has 268 valence electrons. The molecule has 0 bridgehead atoms. The van der Waals surface area contributed by atoms with Crippen LogP contribution in [-0.2, 0) is 18.9 Å². The Morgan fingerprint density at radius 3 is 1.46 bits per heavy atom. The van der Waals surface area contributed by atoms with Crippen LogP contribution < -0.4 is 22.5 Å². The second-order valence-electron chi connectivity index (χ2n) is 14.3. The fraction of sp³-hybridized carbons (Fsp3) is 0.697. The van der Waals surface area contributed by atoms with Crippen molar-refractivity contribution in [2.24, 2.45) is 5.92 Å². The van der Waals surface area contributed by atoms with Gasteiger partial charge in [-0.2, -0.15) is 9.13 Å². The fourth-order valence-electron chi connectivity index (χ4n) is 5.50. The molecule has 2 saturated heterocycles. The molecule has 48 heavy (non-hydrogen) atoms. The van der Waals surface area contributed by atoms with Gasteiger partial charge in [0, 0.05) is 29.9 Å². The zero-order chi connectivity index (χ0) is 36.5. The number of aryl methyl sites for hydroxylation is 2. The van der Waals surface area contributed by atoms with Crippen LogP contribution in [0.15, 0.2) is 31.6 Å². The monoisotopic (exact) mass is 679 g/mol. The van der Waals surface area contributed by atoms with Crippen molar-refractivity contribution in [3.05, 3.63) is 65.2 Å². The molecule has 0 saturated carbocycles. The highest BCUT2D eigenvalue weighted by atomic mass is 18.2. The lowest BCUT2D eigenvalue weighted by atomic mass is 10.0. The topological polar surface area (TPSA) is 159 Å². The van der Waals surface area contributed by atoms with E-state index in [1.54, 1.807) is 55.4 Å². The van der Waals surface area contributed by atoms with Gasteiger partial charge in [0.1, 0.15) is 29.8 Å². The minimum Gasteiger partial charge on any atom is -0.443 e. The molecule has 2 fully saturated rings. The molecule has 6 atom stereocenters. The molecule has 0 unspecified atom stereocenters. The molecule has 0 aromatic carbocycles. The first-order valence-corrected chi connectivity index (χ1v) is 16.2. The Bertz CT molecular complexity index is 1620. The van der Waals surface area contributed by atoms with Gasteiger partial charge >= 0.3 is 23.6 Å². The zero-order valence-electron chi connectivity index (χ0n) is 29.7. The third kappa shape index (κ3) is 8.78. The molecule has 4 rings (SSSR count). The SMILES string of the molecule is CC[C@H]1O[C@@H](n2cc(C)c(=O)n(C(=O)OC(C)(C)C)c2=O)C[C@H]1C.CC[C@H]1O[C@@H](n2cc(C)c(=O)n(C(=O)OC(C)(C)C)c2=O)C[C@H]1[18F]. The number of nitrogens with zero attached hydrogens (tertiary/aromatic N) is 4. The van der Waals surface area contributed by atoms with Gasteiger partial charge in [-0.25, -0.2) is 23.6 Å². The number of alkyl halides is 1. The Hall–Kier alpha value is -3.85. The number of hydrogen-bond donors (Lipinski definition) is 0. The van der Waals surface area contributed by atoms with Crippen molar-refractivity contribution in [3.63, 3.8) is 0 Å². The normalized spacial score (nSPS) is 24.2. The third-order valence-electron chi connectivity index (χ3n) is 7.85. The molecule has 2 aromatic heterocycles. The summed E-state index contributed by atoms with van der Waals surface area (Å²) in [4.78, 5) is 74.3. The van der Waals surface area contributed by atoms with Gasteiger partial charge in [-0.15, -0.1) is 0 Å². The van der Waals surface area contributed by atoms with Gasteiger partial charge in [-0.1, -0.05) is 20.8 Å². The minimum absolute atomic E-state index is 0.00955. The number of hydrogen-bond acceptors (Lipinski definition) is 10. The first-order chi connectivity index (χ1) is 22.1. The summed E-state index contributed by atoms with van der Waals surface area (Å²) < 4.78 is 39.1. The quantitative estimate of drug-likeness (QED) is 0.448. The molecule has 15 heteroatoms. The molecule has 0 spiro atoms. The van der Waals surface area contributed by atoms with Crippen LogP contribution in [0.3, 0.4) is 0 Å². The van der Waals surface area contributed by atoms with Gasteiger partial charge in [0.25, 0.3) is 11.1 Å². The van der Waals surface area contributed by atoms with Crippen LogP contribution in [0, 0.1) is 19.8 Å². The first kappa shape index (κ1) is 38.6. The maximum atomic E-state index is 13.9. The number of aromatic nitrogens is 4. The van der Waals surface area contributed by atoms with Crippen LogP contribution in [-0.4, -0.2) is 60.0 Å². The van der Waals surface area contributed by atoms with E-state index in [1.165, 1.54) is 23.9 Å². The first-order valence-electron chi connectivity index (χ1n) is 16.2. The summed E-state index contributed by atoms with van der Waals surface area (Å²) in [6.07, 6.45) is -0.395. The van der Waals surface area contributed by atoms with Crippen LogP contribution in [0.1, 0.15) is 112 Å². The molecule has 0 N–H and O–H groups in total. The summed E-state index contributed by atoms with van der Waals surface area (Å²) in [7, 11) is 0. The molecule has 0 radical (unpaired) electrons. The second-order valence-corrected chi connectivity index (χ2v) is 14.3. The van der Waals surface area contributed by atoms with Crippen molar-refractivity contribution >= 4 is 12.2 Å². The van der Waals surface area contributed by atoms with E-state index in [1.807, 2.05) is 6.92 Å². The third-order valence-corrected chi connectivity index (χ3v) is 7.85. The molecule has 14 nitrogen and oxygen atoms in total. The Morgan fingerprint density at radius 2 is 1.12 bits per heavy atom. The molecule has 2 aromatic rings. The Kier molecular flexibility index (Phi) is 11.8. The van der Waals surface area contributed by atoms with Crippen molar-refractivity contribution in [1.82, 2.24) is 18.3 Å². The van der Waals surface area contributed by atoms with Gasteiger partial charge in [0.15, 0.2) is 0 Å². The van der Waals surface area contributed by atoms with E-state index in [0.29, 0.717) is 27.9 Å². The molecule has 2 aliphatic heterocycles. The van der Waals surface area contributed by atoms with E-state index in [2.05, 4.69) is 6.92 Å². The molecule has 0 aliphatic carbocycles. The van der Waals surface area contributed by atoms with Crippen molar-refractivity contribution in [2.45, 2.75) is 144 Å². The summed E-state index contributed by atoms with van der Waals surface area (Å²) in [5.74, 6) is 0.300. The highest BCUT2D eigenvalue weighted by Gasteiger charge is 2.37. The summed E-state index contributed by atoms with van der Waals surface area (Å²) in [6.45, 7) is 18.8. The lowest BCUT2D eigenvalue weighted by Crippen LogP contribution is -2.47. The predicted molar refractivity (Wildman–Crippen MR) is 174 cm³/mol. The van der Waals surface area contributed by atoms with E-state index in [9.17, 15) is 33.2 Å². The van der Waals surface area contributed by atoms with Crippen molar-refractivity contribution < 1.29 is 32.9 Å². The number of ether oxygens (including phenoxy) is 4. The molecule has 0 amide bonds. The van der Waals surface area contributed by atoms with E-state index in [-0.39, 0.29) is 23.7 Å². The standard InChI is InChI=1S/C17H26N2O5.C16H23FN2O5/c1-7-12-10(2)8-13(23-12)18-9-11(3)14(20)19(15(18)21)16(22)24-17(4,5)6;1-6-11-10(17)7-12(23-11)18-8-9(2)13(20)19(14(18)21)15(22)24-16(3,4)5/h9-10,12-13H,7-8H2,1-6H3;8,10-12H,6-7H2,1-5H3/t10-,12-,13-;10-,11-,12-/m11/s1/i;17-1. The molecule has 4 heterocycles. The lowest BCUT2D eigenvalue weighted by Gasteiger charge is -2.21. The molecular formula is C33H49FN4O10. The van der Waals surface area contributed by atoms with Crippen molar-refractivity contribution in [2.75, 3.05) is 0 Å². The Labute approximate surface area is 278 Å². The number of rotatable bonds is 4. The average molecular weight is 680 g/mol. The van der Waals surface area contributed by atoms with Gasteiger partial charge in [-0.05, 0) is 80.6 Å². The number of carbonyl (C=O) groups is 2. The minimum atomic E-state index is -1.20. The smallest absolute Gasteiger partial charge is 0.425 e. The number of halogens is 1. The summed E-state index contributed by atoms with van der Waals surface area (Å²) in [5, 5.41) is 0. The van der Waals surface area contributed by atoms with Crippen LogP contribution >= 0.6 is 0 Å². The lowest BCUT2D eigenvalue weighted by molar-refractivity contribution is -0.0127. The van der Waals surface area contributed by atoms with E-state index >= 15 is 0 Å². The zero-order valence-corrected chi connectivity index (χ0v) is 29.7. The van der Waals surface area contributed by atoms with Crippen LogP contribution in [0.2, 0.25) is 0 Å². The maximum absolute atomic E-state index is 13.9.